The van der Waals surface area contributed by atoms with E-state index in [1.54, 1.807) is 14.2 Å². The number of methoxy groups -OCH3 is 2. The molecule has 0 spiro atoms. The van der Waals surface area contributed by atoms with Gasteiger partial charge in [-0.15, -0.1) is 0 Å². The van der Waals surface area contributed by atoms with Gasteiger partial charge in [-0.2, -0.15) is 0 Å². The first-order chi connectivity index (χ1) is 12.4. The monoisotopic (exact) mass is 362 g/mol. The van der Waals surface area contributed by atoms with Crippen molar-refractivity contribution in [2.45, 2.75) is 33.1 Å². The van der Waals surface area contributed by atoms with Crippen LogP contribution in [0, 0.1) is 5.92 Å². The molecule has 0 atom stereocenters. The molecule has 1 aliphatic rings. The summed E-state index contributed by atoms with van der Waals surface area (Å²) in [4.78, 5) is 28.7. The second-order valence-electron chi connectivity index (χ2n) is 7.08. The van der Waals surface area contributed by atoms with Gasteiger partial charge in [0, 0.05) is 32.6 Å². The maximum absolute atomic E-state index is 12.7. The Hall–Kier alpha value is -2.24. The first-order valence-electron chi connectivity index (χ1n) is 9.21. The van der Waals surface area contributed by atoms with Gasteiger partial charge < -0.3 is 19.3 Å². The molecule has 0 aliphatic carbocycles. The lowest BCUT2D eigenvalue weighted by atomic mass is 10.1. The van der Waals surface area contributed by atoms with Crippen LogP contribution in [0.4, 0.5) is 0 Å². The lowest BCUT2D eigenvalue weighted by Gasteiger charge is -2.23. The Labute approximate surface area is 156 Å². The van der Waals surface area contributed by atoms with Crippen LogP contribution < -0.4 is 9.47 Å². The Morgan fingerprint density at radius 2 is 1.58 bits per heavy atom. The van der Waals surface area contributed by atoms with Crippen molar-refractivity contribution in [2.75, 3.05) is 40.4 Å². The average Bonchev–Trinajstić information content (AvgIpc) is 2.87. The molecule has 0 N–H and O–H groups in total. The van der Waals surface area contributed by atoms with E-state index in [2.05, 4.69) is 13.8 Å². The lowest BCUT2D eigenvalue weighted by Crippen LogP contribution is -2.38. The summed E-state index contributed by atoms with van der Waals surface area (Å²) in [5.74, 6) is 1.90. The minimum atomic E-state index is 0.0791. The van der Waals surface area contributed by atoms with E-state index in [0.717, 1.165) is 18.5 Å². The van der Waals surface area contributed by atoms with E-state index >= 15 is 0 Å². The molecule has 144 valence electrons. The predicted octanol–water partition coefficient (Wildman–Crippen LogP) is 2.35. The fourth-order valence-electron chi connectivity index (χ4n) is 3.17. The zero-order valence-corrected chi connectivity index (χ0v) is 16.3. The van der Waals surface area contributed by atoms with Crippen LogP contribution >= 0.6 is 0 Å². The molecule has 6 heteroatoms. The quantitative estimate of drug-likeness (QED) is 0.779. The summed E-state index contributed by atoms with van der Waals surface area (Å²) in [7, 11) is 3.17. The highest BCUT2D eigenvalue weighted by Gasteiger charge is 2.22. The van der Waals surface area contributed by atoms with Crippen LogP contribution in [0.25, 0.3) is 0 Å². The topological polar surface area (TPSA) is 59.1 Å². The van der Waals surface area contributed by atoms with E-state index in [1.165, 1.54) is 0 Å². The van der Waals surface area contributed by atoms with Gasteiger partial charge in [0.25, 0.3) is 0 Å². The van der Waals surface area contributed by atoms with Crippen molar-refractivity contribution in [1.82, 2.24) is 9.80 Å². The molecule has 0 saturated carbocycles. The first kappa shape index (κ1) is 20.1. The summed E-state index contributed by atoms with van der Waals surface area (Å²) < 4.78 is 10.5. The van der Waals surface area contributed by atoms with E-state index in [9.17, 15) is 9.59 Å². The number of hydrogen-bond acceptors (Lipinski definition) is 4. The number of rotatable bonds is 6. The van der Waals surface area contributed by atoms with Crippen molar-refractivity contribution in [1.29, 1.82) is 0 Å². The van der Waals surface area contributed by atoms with Gasteiger partial charge in [-0.3, -0.25) is 9.59 Å². The van der Waals surface area contributed by atoms with Gasteiger partial charge in [0.15, 0.2) is 11.5 Å². The standard InChI is InChI=1S/C20H30N2O4/c1-15(2)12-19(23)21-8-5-9-22(11-10-21)20(24)14-16-6-7-17(25-3)18(13-16)26-4/h6-7,13,15H,5,8-12,14H2,1-4H3. The summed E-state index contributed by atoms with van der Waals surface area (Å²) in [5.41, 5.74) is 0.893. The van der Waals surface area contributed by atoms with E-state index in [-0.39, 0.29) is 11.8 Å². The largest absolute Gasteiger partial charge is 0.493 e. The molecule has 6 nitrogen and oxygen atoms in total. The minimum Gasteiger partial charge on any atom is -0.493 e. The minimum absolute atomic E-state index is 0.0791. The number of ether oxygens (including phenoxy) is 2. The molecule has 1 aromatic carbocycles. The predicted molar refractivity (Wildman–Crippen MR) is 100 cm³/mol. The van der Waals surface area contributed by atoms with Gasteiger partial charge in [0.1, 0.15) is 0 Å². The third-order valence-corrected chi connectivity index (χ3v) is 4.59. The molecular weight excluding hydrogens is 332 g/mol. The maximum Gasteiger partial charge on any atom is 0.227 e. The summed E-state index contributed by atoms with van der Waals surface area (Å²) in [6.45, 7) is 6.73. The zero-order chi connectivity index (χ0) is 19.1. The zero-order valence-electron chi connectivity index (χ0n) is 16.3. The maximum atomic E-state index is 12.7. The number of carbonyl (C=O) groups excluding carboxylic acids is 2. The second-order valence-corrected chi connectivity index (χ2v) is 7.08. The number of benzene rings is 1. The van der Waals surface area contributed by atoms with Crippen molar-refractivity contribution in [3.63, 3.8) is 0 Å². The fourth-order valence-corrected chi connectivity index (χ4v) is 3.17. The molecule has 0 radical (unpaired) electrons. The van der Waals surface area contributed by atoms with Gasteiger partial charge >= 0.3 is 0 Å². The highest BCUT2D eigenvalue weighted by molar-refractivity contribution is 5.79. The molecule has 1 heterocycles. The van der Waals surface area contributed by atoms with Crippen LogP contribution in [-0.4, -0.2) is 62.0 Å². The number of hydrogen-bond donors (Lipinski definition) is 0. The van der Waals surface area contributed by atoms with Crippen LogP contribution in [0.1, 0.15) is 32.3 Å². The summed E-state index contributed by atoms with van der Waals surface area (Å²) in [6, 6.07) is 5.54. The molecule has 26 heavy (non-hydrogen) atoms. The SMILES string of the molecule is COc1ccc(CC(=O)N2CCCN(C(=O)CC(C)C)CC2)cc1OC. The Morgan fingerprint density at radius 1 is 0.962 bits per heavy atom. The van der Waals surface area contributed by atoms with Crippen molar-refractivity contribution in [2.24, 2.45) is 5.92 Å². The van der Waals surface area contributed by atoms with Crippen molar-refractivity contribution in [3.8, 4) is 11.5 Å². The van der Waals surface area contributed by atoms with Gasteiger partial charge in [-0.1, -0.05) is 19.9 Å². The normalized spacial score (nSPS) is 15.0. The molecule has 0 bridgehead atoms. The average molecular weight is 362 g/mol. The van der Waals surface area contributed by atoms with Gasteiger partial charge in [-0.25, -0.2) is 0 Å². The molecule has 0 unspecified atom stereocenters. The summed E-state index contributed by atoms with van der Waals surface area (Å²) in [6.07, 6.45) is 1.71. The van der Waals surface area contributed by atoms with E-state index in [1.807, 2.05) is 28.0 Å². The van der Waals surface area contributed by atoms with Crippen LogP contribution in [0.5, 0.6) is 11.5 Å². The molecule has 1 saturated heterocycles. The Bertz CT molecular complexity index is 630. The van der Waals surface area contributed by atoms with Crippen molar-refractivity contribution < 1.29 is 19.1 Å². The Kier molecular flexibility index (Phi) is 7.30. The Balaban J connectivity index is 1.95. The summed E-state index contributed by atoms with van der Waals surface area (Å²) >= 11 is 0. The first-order valence-corrected chi connectivity index (χ1v) is 9.21. The van der Waals surface area contributed by atoms with Crippen LogP contribution in [-0.2, 0) is 16.0 Å². The highest BCUT2D eigenvalue weighted by Crippen LogP contribution is 2.27. The molecular formula is C20H30N2O4. The molecule has 1 fully saturated rings. The Morgan fingerprint density at radius 3 is 2.15 bits per heavy atom. The number of nitrogens with zero attached hydrogens (tertiary/aromatic N) is 2. The fraction of sp³-hybridized carbons (Fsp3) is 0.600. The molecule has 1 aliphatic heterocycles. The third-order valence-electron chi connectivity index (χ3n) is 4.59. The number of amides is 2. The van der Waals surface area contributed by atoms with E-state index in [4.69, 9.17) is 9.47 Å². The third kappa shape index (κ3) is 5.38. The molecule has 2 rings (SSSR count). The molecule has 2 amide bonds. The molecule has 0 aromatic heterocycles. The van der Waals surface area contributed by atoms with Gasteiger partial charge in [0.05, 0.1) is 20.6 Å². The number of carbonyl (C=O) groups is 2. The summed E-state index contributed by atoms with van der Waals surface area (Å²) in [5, 5.41) is 0. The smallest absolute Gasteiger partial charge is 0.227 e. The van der Waals surface area contributed by atoms with Crippen molar-refractivity contribution >= 4 is 11.8 Å². The highest BCUT2D eigenvalue weighted by atomic mass is 16.5. The van der Waals surface area contributed by atoms with E-state index < -0.39 is 0 Å². The lowest BCUT2D eigenvalue weighted by molar-refractivity contribution is -0.133. The van der Waals surface area contributed by atoms with Crippen LogP contribution in [0.3, 0.4) is 0 Å². The van der Waals surface area contributed by atoms with Gasteiger partial charge in [-0.05, 0) is 30.0 Å². The molecule has 1 aromatic rings. The van der Waals surface area contributed by atoms with Crippen LogP contribution in [0.15, 0.2) is 18.2 Å². The van der Waals surface area contributed by atoms with Crippen LogP contribution in [0.2, 0.25) is 0 Å². The van der Waals surface area contributed by atoms with E-state index in [0.29, 0.717) is 49.9 Å². The second kappa shape index (κ2) is 9.46. The van der Waals surface area contributed by atoms with Gasteiger partial charge in [0.2, 0.25) is 11.8 Å². The van der Waals surface area contributed by atoms with Crippen molar-refractivity contribution in [3.05, 3.63) is 23.8 Å².